The summed E-state index contributed by atoms with van der Waals surface area (Å²) in [5.41, 5.74) is 3.57. The Balaban J connectivity index is 1.69. The van der Waals surface area contributed by atoms with Gasteiger partial charge in [0, 0.05) is 10.7 Å². The lowest BCUT2D eigenvalue weighted by Gasteiger charge is -2.13. The summed E-state index contributed by atoms with van der Waals surface area (Å²) in [4.78, 5) is 12.8. The first-order chi connectivity index (χ1) is 13.8. The van der Waals surface area contributed by atoms with Gasteiger partial charge in [0.15, 0.2) is 15.5 Å². The van der Waals surface area contributed by atoms with E-state index >= 15 is 0 Å². The molecule has 2 aromatic carbocycles. The molecule has 1 aromatic heterocycles. The summed E-state index contributed by atoms with van der Waals surface area (Å²) in [5.74, 6) is -0.191. The Morgan fingerprint density at radius 2 is 1.83 bits per heavy atom. The van der Waals surface area contributed by atoms with Crippen molar-refractivity contribution in [2.24, 2.45) is 0 Å². The van der Waals surface area contributed by atoms with E-state index in [1.54, 1.807) is 35.0 Å². The number of halogens is 1. The van der Waals surface area contributed by atoms with Crippen LogP contribution in [0.5, 0.6) is 0 Å². The Morgan fingerprint density at radius 1 is 1.14 bits per heavy atom. The van der Waals surface area contributed by atoms with Crippen LogP contribution in [0.3, 0.4) is 0 Å². The molecule has 1 N–H and O–H groups in total. The number of carbonyl (C=O) groups excluding carboxylic acids is 1. The van der Waals surface area contributed by atoms with Gasteiger partial charge in [-0.1, -0.05) is 41.4 Å². The van der Waals surface area contributed by atoms with E-state index < -0.39 is 9.84 Å². The number of anilines is 1. The second kappa shape index (κ2) is 7.65. The van der Waals surface area contributed by atoms with Gasteiger partial charge in [0.2, 0.25) is 0 Å². The summed E-state index contributed by atoms with van der Waals surface area (Å²) < 4.78 is 25.7. The van der Waals surface area contributed by atoms with Crippen molar-refractivity contribution < 1.29 is 13.2 Å². The van der Waals surface area contributed by atoms with Crippen molar-refractivity contribution in [1.82, 2.24) is 9.78 Å². The molecule has 8 heteroatoms. The van der Waals surface area contributed by atoms with Crippen molar-refractivity contribution in [2.45, 2.75) is 19.4 Å². The van der Waals surface area contributed by atoms with Crippen molar-refractivity contribution >= 4 is 33.0 Å². The number of benzene rings is 2. The Kier molecular flexibility index (Phi) is 5.19. The van der Waals surface area contributed by atoms with Crippen molar-refractivity contribution in [3.63, 3.8) is 0 Å². The normalized spacial score (nSPS) is 17.9. The summed E-state index contributed by atoms with van der Waals surface area (Å²) in [6, 6.07) is 16.1. The van der Waals surface area contributed by atoms with Crippen LogP contribution in [0, 0.1) is 6.92 Å². The summed E-state index contributed by atoms with van der Waals surface area (Å²) in [6.45, 7) is 2.00. The molecular weight excluding hydrogens is 410 g/mol. The fraction of sp³-hybridized carbons (Fsp3) is 0.238. The van der Waals surface area contributed by atoms with E-state index in [2.05, 4.69) is 10.4 Å². The Bertz CT molecular complexity index is 1150. The summed E-state index contributed by atoms with van der Waals surface area (Å²) >= 11 is 5.89. The molecular formula is C21H20ClN3O3S. The van der Waals surface area contributed by atoms with Crippen LogP contribution >= 0.6 is 11.6 Å². The number of rotatable bonds is 4. The summed E-state index contributed by atoms with van der Waals surface area (Å²) in [7, 11) is -3.09. The maximum absolute atomic E-state index is 12.8. The van der Waals surface area contributed by atoms with E-state index in [1.165, 1.54) is 0 Å². The lowest BCUT2D eigenvalue weighted by atomic mass is 10.1. The molecule has 1 saturated heterocycles. The first kappa shape index (κ1) is 19.7. The van der Waals surface area contributed by atoms with Gasteiger partial charge >= 0.3 is 0 Å². The van der Waals surface area contributed by atoms with Gasteiger partial charge in [-0.05, 0) is 49.2 Å². The number of hydrogen-bond acceptors (Lipinski definition) is 4. The quantitative estimate of drug-likeness (QED) is 0.676. The van der Waals surface area contributed by atoms with Gasteiger partial charge in [-0.2, -0.15) is 5.10 Å². The third-order valence-corrected chi connectivity index (χ3v) is 6.97. The zero-order chi connectivity index (χ0) is 20.6. The zero-order valence-electron chi connectivity index (χ0n) is 15.8. The van der Waals surface area contributed by atoms with Crippen molar-refractivity contribution in [1.29, 1.82) is 0 Å². The third-order valence-electron chi connectivity index (χ3n) is 4.97. The average molecular weight is 430 g/mol. The Morgan fingerprint density at radius 3 is 2.45 bits per heavy atom. The number of amides is 1. The number of sulfone groups is 1. The highest BCUT2D eigenvalue weighted by atomic mass is 35.5. The minimum Gasteiger partial charge on any atom is -0.321 e. The smallest absolute Gasteiger partial charge is 0.276 e. The van der Waals surface area contributed by atoms with E-state index in [9.17, 15) is 13.2 Å². The first-order valence-corrected chi connectivity index (χ1v) is 11.4. The standard InChI is InChI=1S/C21H20ClN3O3S/c1-14-2-4-15(5-3-14)20-12-19(21(26)23-17-8-6-16(22)7-9-17)24-25(20)18-10-11-29(27,28)13-18/h2-9,12,18H,10-11,13H2,1H3,(H,23,26). The first-order valence-electron chi connectivity index (χ1n) is 9.25. The molecule has 0 spiro atoms. The highest BCUT2D eigenvalue weighted by Gasteiger charge is 2.32. The molecule has 1 amide bonds. The average Bonchev–Trinajstić information content (AvgIpc) is 3.28. The fourth-order valence-corrected chi connectivity index (χ4v) is 5.24. The highest BCUT2D eigenvalue weighted by Crippen LogP contribution is 2.30. The van der Waals surface area contributed by atoms with Gasteiger partial charge in [-0.15, -0.1) is 0 Å². The van der Waals surface area contributed by atoms with Crippen LogP contribution in [0.15, 0.2) is 54.6 Å². The molecule has 4 rings (SSSR count). The Labute approximate surface area is 174 Å². The SMILES string of the molecule is Cc1ccc(-c2cc(C(=O)Nc3ccc(Cl)cc3)nn2C2CCS(=O)(=O)C2)cc1. The monoisotopic (exact) mass is 429 g/mol. The van der Waals surface area contributed by atoms with E-state index in [-0.39, 0.29) is 29.1 Å². The third kappa shape index (κ3) is 4.36. The van der Waals surface area contributed by atoms with Gasteiger partial charge in [0.05, 0.1) is 23.2 Å². The van der Waals surface area contributed by atoms with Gasteiger partial charge in [-0.3, -0.25) is 9.48 Å². The number of aryl methyl sites for hydroxylation is 1. The van der Waals surface area contributed by atoms with Crippen LogP contribution in [0.1, 0.15) is 28.5 Å². The molecule has 1 unspecified atom stereocenters. The van der Waals surface area contributed by atoms with E-state index in [0.717, 1.165) is 16.8 Å². The highest BCUT2D eigenvalue weighted by molar-refractivity contribution is 7.91. The number of hydrogen-bond donors (Lipinski definition) is 1. The van der Waals surface area contributed by atoms with Crippen LogP contribution < -0.4 is 5.32 Å². The van der Waals surface area contributed by atoms with Crippen molar-refractivity contribution in [3.05, 3.63) is 70.9 Å². The second-order valence-corrected chi connectivity index (χ2v) is 9.91. The van der Waals surface area contributed by atoms with Crippen LogP contribution in [-0.2, 0) is 9.84 Å². The molecule has 1 fully saturated rings. The minimum atomic E-state index is -3.09. The molecule has 29 heavy (non-hydrogen) atoms. The number of aromatic nitrogens is 2. The molecule has 0 bridgehead atoms. The van der Waals surface area contributed by atoms with Gasteiger partial charge < -0.3 is 5.32 Å². The predicted molar refractivity (Wildman–Crippen MR) is 114 cm³/mol. The van der Waals surface area contributed by atoms with E-state index in [1.807, 2.05) is 31.2 Å². The number of nitrogens with one attached hydrogen (secondary N) is 1. The van der Waals surface area contributed by atoms with E-state index in [0.29, 0.717) is 17.1 Å². The van der Waals surface area contributed by atoms with E-state index in [4.69, 9.17) is 11.6 Å². The van der Waals surface area contributed by atoms with Crippen LogP contribution in [0.2, 0.25) is 5.02 Å². The lowest BCUT2D eigenvalue weighted by Crippen LogP contribution is -2.16. The molecule has 1 aliphatic heterocycles. The molecule has 0 aliphatic carbocycles. The number of carbonyl (C=O) groups is 1. The minimum absolute atomic E-state index is 0.0335. The van der Waals surface area contributed by atoms with Gasteiger partial charge in [0.1, 0.15) is 0 Å². The van der Waals surface area contributed by atoms with Gasteiger partial charge in [0.25, 0.3) is 5.91 Å². The number of nitrogens with zero attached hydrogens (tertiary/aromatic N) is 2. The van der Waals surface area contributed by atoms with Crippen molar-refractivity contribution in [3.8, 4) is 11.3 Å². The molecule has 150 valence electrons. The molecule has 3 aromatic rings. The van der Waals surface area contributed by atoms with Crippen molar-refractivity contribution in [2.75, 3.05) is 16.8 Å². The van der Waals surface area contributed by atoms with Gasteiger partial charge in [-0.25, -0.2) is 8.42 Å². The Hall–Kier alpha value is -2.64. The van der Waals surface area contributed by atoms with Crippen LogP contribution in [0.25, 0.3) is 11.3 Å². The van der Waals surface area contributed by atoms with Crippen LogP contribution in [-0.4, -0.2) is 35.6 Å². The topological polar surface area (TPSA) is 81.1 Å². The summed E-state index contributed by atoms with van der Waals surface area (Å²) in [5, 5.41) is 7.87. The molecule has 1 atom stereocenters. The lowest BCUT2D eigenvalue weighted by molar-refractivity contribution is 0.102. The predicted octanol–water partition coefficient (Wildman–Crippen LogP) is 4.12. The maximum atomic E-state index is 12.8. The molecule has 2 heterocycles. The zero-order valence-corrected chi connectivity index (χ0v) is 17.4. The maximum Gasteiger partial charge on any atom is 0.276 e. The fourth-order valence-electron chi connectivity index (χ4n) is 3.42. The molecule has 1 aliphatic rings. The largest absolute Gasteiger partial charge is 0.321 e. The molecule has 0 saturated carbocycles. The summed E-state index contributed by atoms with van der Waals surface area (Å²) in [6.07, 6.45) is 0.487. The molecule has 6 nitrogen and oxygen atoms in total. The van der Waals surface area contributed by atoms with Crippen LogP contribution in [0.4, 0.5) is 5.69 Å². The second-order valence-electron chi connectivity index (χ2n) is 7.24. The molecule has 0 radical (unpaired) electrons.